The van der Waals surface area contributed by atoms with Gasteiger partial charge in [0, 0.05) is 16.4 Å². The molecule has 0 aliphatic carbocycles. The molecule has 0 aromatic heterocycles. The van der Waals surface area contributed by atoms with Gasteiger partial charge in [0.1, 0.15) is 5.82 Å². The summed E-state index contributed by atoms with van der Waals surface area (Å²) in [5, 5.41) is 3.10. The fourth-order valence-electron chi connectivity index (χ4n) is 3.41. The number of anilines is 3. The van der Waals surface area contributed by atoms with E-state index in [1.54, 1.807) is 31.2 Å². The first-order valence-electron chi connectivity index (χ1n) is 11.0. The number of carbonyl (C=O) groups is 1. The third kappa shape index (κ3) is 6.31. The summed E-state index contributed by atoms with van der Waals surface area (Å²) in [5.41, 5.74) is 1.08. The number of aryl methyl sites for hydroxylation is 1. The number of hydrogen-bond donors (Lipinski definition) is 3. The molecule has 4 aromatic rings. The fourth-order valence-corrected chi connectivity index (χ4v) is 5.70. The monoisotopic (exact) mass is 573 g/mol. The molecule has 196 valence electrons. The van der Waals surface area contributed by atoms with Crippen LogP contribution < -0.4 is 14.8 Å². The fraction of sp³-hybridized carbons (Fsp3) is 0.0385. The molecule has 0 unspecified atom stereocenters. The molecule has 0 atom stereocenters. The molecule has 0 bridgehead atoms. The van der Waals surface area contributed by atoms with Crippen molar-refractivity contribution in [3.63, 3.8) is 0 Å². The Bertz CT molecular complexity index is 1710. The quantitative estimate of drug-likeness (QED) is 0.252. The van der Waals surface area contributed by atoms with Gasteiger partial charge in [-0.3, -0.25) is 14.2 Å². The Labute approximate surface area is 224 Å². The number of benzene rings is 4. The lowest BCUT2D eigenvalue weighted by Crippen LogP contribution is -2.19. The van der Waals surface area contributed by atoms with E-state index >= 15 is 0 Å². The first-order valence-corrected chi connectivity index (χ1v) is 14.4. The molecule has 0 heterocycles. The summed E-state index contributed by atoms with van der Waals surface area (Å²) < 4.78 is 69.4. The number of nitrogens with one attached hydrogen (secondary N) is 3. The summed E-state index contributed by atoms with van der Waals surface area (Å²) in [6, 6.07) is 20.5. The highest BCUT2D eigenvalue weighted by Gasteiger charge is 2.21. The van der Waals surface area contributed by atoms with E-state index in [0.29, 0.717) is 16.3 Å². The number of para-hydroxylation sites is 1. The van der Waals surface area contributed by atoms with Gasteiger partial charge in [-0.1, -0.05) is 29.8 Å². The Kier molecular flexibility index (Phi) is 7.72. The van der Waals surface area contributed by atoms with Crippen molar-refractivity contribution < 1.29 is 26.0 Å². The summed E-state index contributed by atoms with van der Waals surface area (Å²) in [4.78, 5) is 12.9. The number of halogens is 2. The lowest BCUT2D eigenvalue weighted by Gasteiger charge is -2.15. The summed E-state index contributed by atoms with van der Waals surface area (Å²) in [6.07, 6.45) is 0. The largest absolute Gasteiger partial charge is 0.322 e. The Morgan fingerprint density at radius 2 is 1.34 bits per heavy atom. The van der Waals surface area contributed by atoms with Crippen LogP contribution in [0.1, 0.15) is 15.9 Å². The topological polar surface area (TPSA) is 121 Å². The zero-order valence-corrected chi connectivity index (χ0v) is 22.2. The van der Waals surface area contributed by atoms with E-state index in [-0.39, 0.29) is 26.7 Å². The summed E-state index contributed by atoms with van der Waals surface area (Å²) >= 11 is 5.85. The zero-order valence-electron chi connectivity index (χ0n) is 19.8. The molecule has 1 amide bonds. The normalized spacial score (nSPS) is 11.6. The minimum atomic E-state index is -4.12. The predicted molar refractivity (Wildman–Crippen MR) is 145 cm³/mol. The van der Waals surface area contributed by atoms with Crippen molar-refractivity contribution in [3.05, 3.63) is 113 Å². The first-order chi connectivity index (χ1) is 17.9. The van der Waals surface area contributed by atoms with Crippen molar-refractivity contribution in [1.29, 1.82) is 0 Å². The van der Waals surface area contributed by atoms with Gasteiger partial charge in [-0.25, -0.2) is 21.2 Å². The van der Waals surface area contributed by atoms with Gasteiger partial charge in [0.05, 0.1) is 21.0 Å². The molecule has 0 aliphatic rings. The molecular formula is C26H21ClFN3O5S2. The van der Waals surface area contributed by atoms with Crippen molar-refractivity contribution in [2.75, 3.05) is 14.8 Å². The average Bonchev–Trinajstić information content (AvgIpc) is 2.87. The van der Waals surface area contributed by atoms with Crippen molar-refractivity contribution in [1.82, 2.24) is 0 Å². The molecule has 8 nitrogen and oxygen atoms in total. The molecule has 3 N–H and O–H groups in total. The highest BCUT2D eigenvalue weighted by Crippen LogP contribution is 2.26. The standard InChI is InChI=1S/C26H21ClFN3O5S2/c1-17-6-13-22(38(35,36)30-20-11-7-18(27)8-12-20)16-25(17)29-26(32)23-4-2-3-5-24(23)31-37(33,34)21-14-9-19(28)10-15-21/h2-16,30-31H,1H3,(H,29,32). The second kappa shape index (κ2) is 10.8. The molecular weight excluding hydrogens is 553 g/mol. The molecule has 0 spiro atoms. The van der Waals surface area contributed by atoms with Crippen molar-refractivity contribution in [2.24, 2.45) is 0 Å². The molecule has 0 saturated carbocycles. The lowest BCUT2D eigenvalue weighted by molar-refractivity contribution is 0.102. The molecule has 12 heteroatoms. The number of amides is 1. The van der Waals surface area contributed by atoms with Gasteiger partial charge in [0.15, 0.2) is 0 Å². The van der Waals surface area contributed by atoms with Crippen LogP contribution in [0.4, 0.5) is 21.5 Å². The molecule has 0 fully saturated rings. The van der Waals surface area contributed by atoms with Crippen LogP contribution in [0.15, 0.2) is 101 Å². The van der Waals surface area contributed by atoms with Gasteiger partial charge < -0.3 is 5.32 Å². The van der Waals surface area contributed by atoms with Crippen LogP contribution in [-0.4, -0.2) is 22.7 Å². The van der Waals surface area contributed by atoms with Crippen LogP contribution in [-0.2, 0) is 20.0 Å². The average molecular weight is 574 g/mol. The van der Waals surface area contributed by atoms with Gasteiger partial charge in [-0.05, 0) is 85.3 Å². The van der Waals surface area contributed by atoms with E-state index < -0.39 is 31.8 Å². The smallest absolute Gasteiger partial charge is 0.261 e. The molecule has 4 aromatic carbocycles. The van der Waals surface area contributed by atoms with E-state index in [1.807, 2.05) is 0 Å². The van der Waals surface area contributed by atoms with Crippen LogP contribution in [0.2, 0.25) is 5.02 Å². The van der Waals surface area contributed by atoms with Crippen molar-refractivity contribution >= 4 is 54.6 Å². The summed E-state index contributed by atoms with van der Waals surface area (Å²) in [6.45, 7) is 1.68. The van der Waals surface area contributed by atoms with Crippen molar-refractivity contribution in [3.8, 4) is 0 Å². The van der Waals surface area contributed by atoms with Gasteiger partial charge in [-0.2, -0.15) is 0 Å². The zero-order chi connectivity index (χ0) is 27.5. The van der Waals surface area contributed by atoms with Crippen LogP contribution in [0, 0.1) is 12.7 Å². The molecule has 4 rings (SSSR count). The van der Waals surface area contributed by atoms with Crippen LogP contribution in [0.25, 0.3) is 0 Å². The van der Waals surface area contributed by atoms with Gasteiger partial charge >= 0.3 is 0 Å². The summed E-state index contributed by atoms with van der Waals surface area (Å²) in [5.74, 6) is -1.27. The van der Waals surface area contributed by atoms with E-state index in [4.69, 9.17) is 11.6 Å². The molecule has 0 saturated heterocycles. The minimum Gasteiger partial charge on any atom is -0.322 e. The van der Waals surface area contributed by atoms with Crippen molar-refractivity contribution in [2.45, 2.75) is 16.7 Å². The molecule has 38 heavy (non-hydrogen) atoms. The molecule has 0 aliphatic heterocycles. The maximum atomic E-state index is 13.2. The highest BCUT2D eigenvalue weighted by molar-refractivity contribution is 7.93. The Balaban J connectivity index is 1.58. The predicted octanol–water partition coefficient (Wildman–Crippen LogP) is 5.64. The number of hydrogen-bond acceptors (Lipinski definition) is 5. The SMILES string of the molecule is Cc1ccc(S(=O)(=O)Nc2ccc(Cl)cc2)cc1NC(=O)c1ccccc1NS(=O)(=O)c1ccc(F)cc1. The Hall–Kier alpha value is -3.93. The maximum Gasteiger partial charge on any atom is 0.261 e. The van der Waals surface area contributed by atoms with Gasteiger partial charge in [-0.15, -0.1) is 0 Å². The van der Waals surface area contributed by atoms with Crippen LogP contribution >= 0.6 is 11.6 Å². The second-order valence-corrected chi connectivity index (χ2v) is 11.9. The molecule has 0 radical (unpaired) electrons. The highest BCUT2D eigenvalue weighted by atomic mass is 35.5. The second-order valence-electron chi connectivity index (χ2n) is 8.15. The number of rotatable bonds is 8. The van der Waals surface area contributed by atoms with Crippen LogP contribution in [0.5, 0.6) is 0 Å². The summed E-state index contributed by atoms with van der Waals surface area (Å²) in [7, 11) is -8.11. The first kappa shape index (κ1) is 27.1. The third-order valence-corrected chi connectivity index (χ3v) is 8.42. The van der Waals surface area contributed by atoms with E-state index in [9.17, 15) is 26.0 Å². The third-order valence-electron chi connectivity index (χ3n) is 5.40. The number of sulfonamides is 2. The Morgan fingerprint density at radius 1 is 0.737 bits per heavy atom. The van der Waals surface area contributed by atoms with E-state index in [0.717, 1.165) is 24.3 Å². The van der Waals surface area contributed by atoms with Gasteiger partial charge in [0.2, 0.25) is 0 Å². The number of carbonyl (C=O) groups excluding carboxylic acids is 1. The minimum absolute atomic E-state index is 0.00913. The van der Waals surface area contributed by atoms with E-state index in [2.05, 4.69) is 14.8 Å². The lowest BCUT2D eigenvalue weighted by atomic mass is 10.1. The maximum absolute atomic E-state index is 13.2. The van der Waals surface area contributed by atoms with Gasteiger partial charge in [0.25, 0.3) is 26.0 Å². The Morgan fingerprint density at radius 3 is 2.03 bits per heavy atom. The van der Waals surface area contributed by atoms with Crippen LogP contribution in [0.3, 0.4) is 0 Å². The van der Waals surface area contributed by atoms with E-state index in [1.165, 1.54) is 42.5 Å².